The Morgan fingerprint density at radius 2 is 0.767 bits per heavy atom. The summed E-state index contributed by atoms with van der Waals surface area (Å²) in [5.41, 5.74) is 4.37. The fraction of sp³-hybridized carbons (Fsp3) is 0.478. The second-order valence-corrected chi connectivity index (χ2v) is 15.9. The van der Waals surface area contributed by atoms with Gasteiger partial charge in [0.1, 0.15) is 12.2 Å². The molecule has 4 aromatic rings. The molecule has 4 rings (SSSR count). The van der Waals surface area contributed by atoms with E-state index >= 15 is 0 Å². The molecule has 4 unspecified atom stereocenters. The molecule has 0 saturated heterocycles. The average molecular weight is 855 g/mol. The van der Waals surface area contributed by atoms with Gasteiger partial charge in [-0.2, -0.15) is 0 Å². The predicted molar refractivity (Wildman–Crippen MR) is 234 cm³/mol. The zero-order valence-electron chi connectivity index (χ0n) is 35.5. The number of aliphatic hydroxyl groups is 3. The van der Waals surface area contributed by atoms with Crippen LogP contribution in [0.1, 0.15) is 62.2 Å². The smallest absolute Gasteiger partial charge is 0.395 e. The van der Waals surface area contributed by atoms with E-state index in [2.05, 4.69) is 28.8 Å². The van der Waals surface area contributed by atoms with Gasteiger partial charge in [0.15, 0.2) is 0 Å². The minimum absolute atomic E-state index is 0.0672. The summed E-state index contributed by atoms with van der Waals surface area (Å²) in [5, 5.41) is 27.6. The van der Waals surface area contributed by atoms with Crippen LogP contribution in [0.4, 0.5) is 0 Å². The van der Waals surface area contributed by atoms with Crippen LogP contribution in [-0.4, -0.2) is 138 Å². The van der Waals surface area contributed by atoms with Crippen molar-refractivity contribution < 1.29 is 53.1 Å². The van der Waals surface area contributed by atoms with Crippen LogP contribution < -0.4 is 0 Å². The summed E-state index contributed by atoms with van der Waals surface area (Å²) in [7, 11) is -4.51. The number of rotatable bonds is 28. The first kappa shape index (κ1) is 51.0. The summed E-state index contributed by atoms with van der Waals surface area (Å²) in [6, 6.07) is 40.5. The van der Waals surface area contributed by atoms with Gasteiger partial charge in [-0.1, -0.05) is 121 Å². The molecule has 0 aromatic heterocycles. The van der Waals surface area contributed by atoms with Gasteiger partial charge in [0.2, 0.25) is 0 Å². The van der Waals surface area contributed by atoms with Crippen molar-refractivity contribution in [2.24, 2.45) is 0 Å². The lowest BCUT2D eigenvalue weighted by Gasteiger charge is -2.29. The molecule has 0 spiro atoms. The van der Waals surface area contributed by atoms with Crippen molar-refractivity contribution >= 4 is 7.82 Å². The predicted octanol–water partition coefficient (Wildman–Crippen LogP) is 5.86. The van der Waals surface area contributed by atoms with E-state index in [9.17, 15) is 9.67 Å². The molecule has 0 saturated carbocycles. The highest BCUT2D eigenvalue weighted by molar-refractivity contribution is 7.46. The molecule has 0 bridgehead atoms. The first-order valence-corrected chi connectivity index (χ1v) is 22.2. The molecule has 332 valence electrons. The molecule has 0 amide bonds. The second kappa shape index (κ2) is 29.0. The van der Waals surface area contributed by atoms with E-state index < -0.39 is 7.82 Å². The maximum absolute atomic E-state index is 10.9. The molecule has 5 N–H and O–H groups in total. The molecule has 60 heavy (non-hydrogen) atoms. The third kappa shape index (κ3) is 20.0. The van der Waals surface area contributed by atoms with Crippen molar-refractivity contribution in [1.29, 1.82) is 0 Å². The van der Waals surface area contributed by atoms with Gasteiger partial charge < -0.3 is 44.1 Å². The van der Waals surface area contributed by atoms with Gasteiger partial charge in [-0.3, -0.25) is 14.3 Å². The quantitative estimate of drug-likeness (QED) is 0.0431. The molecule has 0 aliphatic rings. The molecule has 4 aromatic carbocycles. The van der Waals surface area contributed by atoms with E-state index in [0.717, 1.165) is 22.3 Å². The van der Waals surface area contributed by atoms with Crippen LogP contribution in [0.5, 0.6) is 0 Å². The van der Waals surface area contributed by atoms with E-state index in [1.165, 1.54) is 0 Å². The molecule has 4 atom stereocenters. The number of benzene rings is 4. The topological polar surface area (TPSA) is 171 Å². The van der Waals surface area contributed by atoms with Crippen LogP contribution >= 0.6 is 7.82 Å². The van der Waals surface area contributed by atoms with Crippen molar-refractivity contribution in [3.63, 3.8) is 0 Å². The van der Waals surface area contributed by atoms with E-state index in [0.29, 0.717) is 46.1 Å². The van der Waals surface area contributed by atoms with Crippen LogP contribution in [0.3, 0.4) is 0 Å². The molecule has 13 nitrogen and oxygen atoms in total. The second-order valence-electron chi connectivity index (χ2n) is 14.6. The van der Waals surface area contributed by atoms with Crippen molar-refractivity contribution in [1.82, 2.24) is 9.80 Å². The van der Waals surface area contributed by atoms with Crippen molar-refractivity contribution in [2.75, 3.05) is 79.0 Å². The van der Waals surface area contributed by atoms with Crippen molar-refractivity contribution in [3.05, 3.63) is 144 Å². The normalized spacial score (nSPS) is 13.9. The Balaban J connectivity index is 0.000000323. The number of hydrogen-bond donors (Lipinski definition) is 5. The Morgan fingerprint density at radius 3 is 1.05 bits per heavy atom. The lowest BCUT2D eigenvalue weighted by molar-refractivity contribution is -0.0440. The van der Waals surface area contributed by atoms with Gasteiger partial charge in [-0.15, -0.1) is 0 Å². The Bertz CT molecular complexity index is 1610. The van der Waals surface area contributed by atoms with Crippen LogP contribution in [0.2, 0.25) is 0 Å². The first-order chi connectivity index (χ1) is 28.9. The van der Waals surface area contributed by atoms with Gasteiger partial charge in [-0.25, -0.2) is 4.57 Å². The summed E-state index contributed by atoms with van der Waals surface area (Å²) in [4.78, 5) is 21.5. The van der Waals surface area contributed by atoms with Crippen LogP contribution in [0.15, 0.2) is 121 Å². The SMILES string of the molecule is CC(COC(c1ccccc1)c1ccccc1)OCC(C)N(CCO)CCO.CC(COC(c1ccccc1)c1ccccc1)OCC(C)N(CCO)CCOP(=O)(O)O. The van der Waals surface area contributed by atoms with E-state index in [1.807, 2.05) is 135 Å². The summed E-state index contributed by atoms with van der Waals surface area (Å²) in [5.74, 6) is 0. The molecule has 0 fully saturated rings. The summed E-state index contributed by atoms with van der Waals surface area (Å²) < 4.78 is 39.8. The molecular weight excluding hydrogens is 787 g/mol. The zero-order chi connectivity index (χ0) is 43.6. The monoisotopic (exact) mass is 854 g/mol. The standard InChI is InChI=1S/C23H34NO7P.C23H33NO4/c1-19(24(13-15-25)14-16-31-32(26,27)28)17-29-20(2)18-30-23(21-9-5-3-6-10-21)22-11-7-4-8-12-22;1-19(24(13-15-25)14-16-26)17-27-20(2)18-28-23(21-9-5-3-6-10-21)22-11-7-4-8-12-22/h3-12,19-20,23,25H,13-18H2,1-2H3,(H2,26,27,28);3-12,19-20,23,25-26H,13-18H2,1-2H3. The Hall–Kier alpha value is -3.37. The highest BCUT2D eigenvalue weighted by Crippen LogP contribution is 2.35. The highest BCUT2D eigenvalue weighted by Gasteiger charge is 2.21. The molecule has 14 heteroatoms. The number of phosphoric ester groups is 1. The minimum atomic E-state index is -4.51. The summed E-state index contributed by atoms with van der Waals surface area (Å²) >= 11 is 0. The van der Waals surface area contributed by atoms with Crippen LogP contribution in [0, 0.1) is 0 Å². The fourth-order valence-corrected chi connectivity index (χ4v) is 6.75. The van der Waals surface area contributed by atoms with E-state index in [4.69, 9.17) is 38.9 Å². The third-order valence-corrected chi connectivity index (χ3v) is 10.2. The minimum Gasteiger partial charge on any atom is -0.395 e. The molecule has 0 radical (unpaired) electrons. The zero-order valence-corrected chi connectivity index (χ0v) is 36.4. The average Bonchev–Trinajstić information content (AvgIpc) is 3.26. The lowest BCUT2D eigenvalue weighted by Crippen LogP contribution is -2.41. The lowest BCUT2D eigenvalue weighted by atomic mass is 10.0. The Kier molecular flexibility index (Phi) is 24.7. The largest absolute Gasteiger partial charge is 0.469 e. The fourth-order valence-electron chi connectivity index (χ4n) is 6.43. The molecule has 0 aliphatic carbocycles. The Labute approximate surface area is 356 Å². The van der Waals surface area contributed by atoms with Gasteiger partial charge in [0.25, 0.3) is 0 Å². The number of nitrogens with zero attached hydrogens (tertiary/aromatic N) is 2. The van der Waals surface area contributed by atoms with Crippen LogP contribution in [0.25, 0.3) is 0 Å². The maximum atomic E-state index is 10.9. The number of phosphoric acid groups is 1. The number of hydrogen-bond acceptors (Lipinski definition) is 11. The van der Waals surface area contributed by atoms with Gasteiger partial charge in [0.05, 0.1) is 65.1 Å². The third-order valence-electron chi connectivity index (χ3n) is 9.69. The molecule has 0 aliphatic heterocycles. The molecule has 0 heterocycles. The summed E-state index contributed by atoms with van der Waals surface area (Å²) in [6.45, 7) is 11.3. The Morgan fingerprint density at radius 1 is 0.467 bits per heavy atom. The molecular formula is C46H67N2O11P. The van der Waals surface area contributed by atoms with E-state index in [1.54, 1.807) is 0 Å². The van der Waals surface area contributed by atoms with Crippen LogP contribution in [-0.2, 0) is 28.0 Å². The number of aliphatic hydroxyl groups excluding tert-OH is 3. The van der Waals surface area contributed by atoms with Gasteiger partial charge >= 0.3 is 7.82 Å². The highest BCUT2D eigenvalue weighted by atomic mass is 31.2. The summed E-state index contributed by atoms with van der Waals surface area (Å²) in [6.07, 6.45) is -0.570. The maximum Gasteiger partial charge on any atom is 0.469 e. The number of ether oxygens (including phenoxy) is 4. The van der Waals surface area contributed by atoms with Gasteiger partial charge in [0, 0.05) is 38.3 Å². The first-order valence-electron chi connectivity index (χ1n) is 20.6. The van der Waals surface area contributed by atoms with Gasteiger partial charge in [-0.05, 0) is 49.9 Å². The van der Waals surface area contributed by atoms with E-state index in [-0.39, 0.29) is 69.5 Å². The van der Waals surface area contributed by atoms with Crippen molar-refractivity contribution in [3.8, 4) is 0 Å². The van der Waals surface area contributed by atoms with Crippen molar-refractivity contribution in [2.45, 2.75) is 64.2 Å².